The highest BCUT2D eigenvalue weighted by molar-refractivity contribution is 7.23. The summed E-state index contributed by atoms with van der Waals surface area (Å²) in [7, 11) is 0.101. The molecule has 1 aromatic carbocycles. The second-order valence-electron chi connectivity index (χ2n) is 5.49. The Hall–Kier alpha value is -2.08. The van der Waals surface area contributed by atoms with Crippen molar-refractivity contribution in [1.82, 2.24) is 14.5 Å². The van der Waals surface area contributed by atoms with Crippen molar-refractivity contribution in [1.29, 1.82) is 0 Å². The molecule has 8 heteroatoms. The number of imidazole rings is 1. The van der Waals surface area contributed by atoms with Crippen molar-refractivity contribution in [3.05, 3.63) is 30.1 Å². The summed E-state index contributed by atoms with van der Waals surface area (Å²) < 4.78 is 23.7. The molecule has 0 radical (unpaired) electrons. The van der Waals surface area contributed by atoms with Gasteiger partial charge in [-0.15, -0.1) is 0 Å². The molecule has 132 valence electrons. The Morgan fingerprint density at radius 1 is 1.20 bits per heavy atom. The number of nitrogens with zero attached hydrogens (tertiary/aromatic N) is 3. The first-order valence-corrected chi connectivity index (χ1v) is 9.24. The fourth-order valence-electron chi connectivity index (χ4n) is 2.81. The fraction of sp³-hybridized carbons (Fsp3) is 0.412. The highest BCUT2D eigenvalue weighted by Crippen LogP contribution is 2.29. The van der Waals surface area contributed by atoms with Crippen LogP contribution in [0.25, 0.3) is 21.9 Å². The monoisotopic (exact) mass is 360 g/mol. The minimum absolute atomic E-state index is 0.101. The SMILES string of the molecule is CCOCc1nc2c(N)nc3ccccc3c2n1CCOCCP=O. The van der Waals surface area contributed by atoms with Gasteiger partial charge in [-0.2, -0.15) is 0 Å². The number of ether oxygens (including phenoxy) is 2. The lowest BCUT2D eigenvalue weighted by molar-refractivity contribution is 0.118. The van der Waals surface area contributed by atoms with Crippen LogP contribution in [0.2, 0.25) is 0 Å². The predicted octanol–water partition coefficient (Wildman–Crippen LogP) is 3.01. The second-order valence-corrected chi connectivity index (χ2v) is 6.20. The van der Waals surface area contributed by atoms with Gasteiger partial charge in [-0.1, -0.05) is 18.2 Å². The van der Waals surface area contributed by atoms with Crippen LogP contribution in [0.4, 0.5) is 5.82 Å². The van der Waals surface area contributed by atoms with Crippen molar-refractivity contribution in [2.75, 3.05) is 31.7 Å². The zero-order chi connectivity index (χ0) is 17.6. The van der Waals surface area contributed by atoms with Gasteiger partial charge in [-0.3, -0.25) is 4.57 Å². The molecule has 0 aliphatic rings. The highest BCUT2D eigenvalue weighted by atomic mass is 31.1. The van der Waals surface area contributed by atoms with Gasteiger partial charge in [0.05, 0.1) is 30.4 Å². The van der Waals surface area contributed by atoms with Gasteiger partial charge in [0.25, 0.3) is 0 Å². The fourth-order valence-corrected chi connectivity index (χ4v) is 3.01. The van der Waals surface area contributed by atoms with Crippen LogP contribution in [0, 0.1) is 0 Å². The molecule has 0 fully saturated rings. The molecule has 25 heavy (non-hydrogen) atoms. The van der Waals surface area contributed by atoms with E-state index >= 15 is 0 Å². The second kappa shape index (κ2) is 8.34. The number of hydrogen-bond donors (Lipinski definition) is 1. The molecule has 0 aliphatic heterocycles. The Morgan fingerprint density at radius 3 is 2.84 bits per heavy atom. The molecule has 0 aliphatic carbocycles. The Balaban J connectivity index is 2.04. The van der Waals surface area contributed by atoms with Gasteiger partial charge < -0.3 is 19.8 Å². The van der Waals surface area contributed by atoms with E-state index < -0.39 is 0 Å². The molecule has 3 rings (SSSR count). The number of hydrogen-bond acceptors (Lipinski definition) is 6. The largest absolute Gasteiger partial charge is 0.382 e. The van der Waals surface area contributed by atoms with Gasteiger partial charge >= 0.3 is 0 Å². The van der Waals surface area contributed by atoms with Gasteiger partial charge in [0.1, 0.15) is 17.9 Å². The molecule has 2 N–H and O–H groups in total. The topological polar surface area (TPSA) is 92.3 Å². The van der Waals surface area contributed by atoms with Crippen LogP contribution >= 0.6 is 8.46 Å². The molecule has 0 saturated heterocycles. The van der Waals surface area contributed by atoms with Crippen molar-refractivity contribution < 1.29 is 14.0 Å². The van der Waals surface area contributed by atoms with E-state index in [0.717, 1.165) is 22.2 Å². The van der Waals surface area contributed by atoms with Gasteiger partial charge in [0, 0.05) is 18.5 Å². The lowest BCUT2D eigenvalue weighted by Gasteiger charge is -2.11. The Bertz CT molecular complexity index is 881. The zero-order valence-electron chi connectivity index (χ0n) is 14.1. The maximum atomic E-state index is 10.5. The van der Waals surface area contributed by atoms with E-state index in [-0.39, 0.29) is 8.46 Å². The number of fused-ring (bicyclic) bond motifs is 3. The van der Waals surface area contributed by atoms with Crippen LogP contribution in [0.3, 0.4) is 0 Å². The van der Waals surface area contributed by atoms with Crippen molar-refractivity contribution in [2.24, 2.45) is 0 Å². The molecule has 0 bridgehead atoms. The average molecular weight is 360 g/mol. The zero-order valence-corrected chi connectivity index (χ0v) is 15.0. The Labute approximate surface area is 147 Å². The van der Waals surface area contributed by atoms with Gasteiger partial charge in [-0.25, -0.2) is 9.97 Å². The molecule has 0 spiro atoms. The van der Waals surface area contributed by atoms with Gasteiger partial charge in [0.15, 0.2) is 14.3 Å². The van der Waals surface area contributed by atoms with E-state index in [1.54, 1.807) is 0 Å². The highest BCUT2D eigenvalue weighted by Gasteiger charge is 2.17. The number of aromatic nitrogens is 3. The van der Waals surface area contributed by atoms with Crippen molar-refractivity contribution in [2.45, 2.75) is 20.1 Å². The summed E-state index contributed by atoms with van der Waals surface area (Å²) in [5.41, 5.74) is 8.60. The van der Waals surface area contributed by atoms with E-state index in [1.807, 2.05) is 31.2 Å². The summed E-state index contributed by atoms with van der Waals surface area (Å²) >= 11 is 0. The Kier molecular flexibility index (Phi) is 5.91. The summed E-state index contributed by atoms with van der Waals surface area (Å²) in [5, 5.41) is 1.00. The van der Waals surface area contributed by atoms with Gasteiger partial charge in [0.2, 0.25) is 0 Å². The minimum Gasteiger partial charge on any atom is -0.382 e. The quantitative estimate of drug-likeness (QED) is 0.466. The molecule has 2 aromatic heterocycles. The molecule has 2 heterocycles. The molecular weight excluding hydrogens is 339 g/mol. The van der Waals surface area contributed by atoms with E-state index in [9.17, 15) is 4.57 Å². The first-order chi connectivity index (χ1) is 12.3. The number of pyridine rings is 1. The van der Waals surface area contributed by atoms with Crippen molar-refractivity contribution >= 4 is 36.2 Å². The lowest BCUT2D eigenvalue weighted by atomic mass is 10.2. The van der Waals surface area contributed by atoms with E-state index in [2.05, 4.69) is 14.5 Å². The molecule has 0 atom stereocenters. The first kappa shape index (κ1) is 17.7. The maximum Gasteiger partial charge on any atom is 0.157 e. The van der Waals surface area contributed by atoms with E-state index in [1.165, 1.54) is 0 Å². The molecule has 0 amide bonds. The van der Waals surface area contributed by atoms with Crippen molar-refractivity contribution in [3.8, 4) is 0 Å². The van der Waals surface area contributed by atoms with Crippen LogP contribution in [0.15, 0.2) is 24.3 Å². The minimum atomic E-state index is 0.101. The van der Waals surface area contributed by atoms with Crippen LogP contribution < -0.4 is 5.73 Å². The predicted molar refractivity (Wildman–Crippen MR) is 98.1 cm³/mol. The average Bonchev–Trinajstić information content (AvgIpc) is 2.99. The standard InChI is InChI=1S/C17H21N4O3P/c1-2-23-11-14-20-15-16(21(14)7-8-24-9-10-25-22)12-5-3-4-6-13(12)19-17(15)18/h3-6H,2,7-11H2,1H3,(H2,18,19). The molecule has 0 unspecified atom stereocenters. The van der Waals surface area contributed by atoms with Crippen LogP contribution in [-0.4, -0.2) is 40.5 Å². The number of benzene rings is 1. The van der Waals surface area contributed by atoms with E-state index in [4.69, 9.17) is 15.2 Å². The summed E-state index contributed by atoms with van der Waals surface area (Å²) in [6.45, 7) is 4.53. The first-order valence-electron chi connectivity index (χ1n) is 8.24. The van der Waals surface area contributed by atoms with Crippen molar-refractivity contribution in [3.63, 3.8) is 0 Å². The number of rotatable bonds is 9. The lowest BCUT2D eigenvalue weighted by Crippen LogP contribution is -2.11. The number of nitrogens with two attached hydrogens (primary N) is 1. The summed E-state index contributed by atoms with van der Waals surface area (Å²) in [5.74, 6) is 1.21. The molecule has 3 aromatic rings. The number of para-hydroxylation sites is 1. The van der Waals surface area contributed by atoms with E-state index in [0.29, 0.717) is 50.5 Å². The third-order valence-corrected chi connectivity index (χ3v) is 4.28. The van der Waals surface area contributed by atoms with Crippen LogP contribution in [0.5, 0.6) is 0 Å². The summed E-state index contributed by atoms with van der Waals surface area (Å²) in [6, 6.07) is 7.87. The Morgan fingerprint density at radius 2 is 2.04 bits per heavy atom. The normalized spacial score (nSPS) is 11.7. The van der Waals surface area contributed by atoms with Gasteiger partial charge in [-0.05, 0) is 13.0 Å². The molecule has 7 nitrogen and oxygen atoms in total. The van der Waals surface area contributed by atoms with Crippen LogP contribution in [0.1, 0.15) is 12.7 Å². The summed E-state index contributed by atoms with van der Waals surface area (Å²) in [4.78, 5) is 9.11. The maximum absolute atomic E-state index is 10.5. The molecule has 0 saturated carbocycles. The third-order valence-electron chi connectivity index (χ3n) is 3.91. The smallest absolute Gasteiger partial charge is 0.157 e. The number of anilines is 1. The summed E-state index contributed by atoms with van der Waals surface area (Å²) in [6.07, 6.45) is 0.496. The molecular formula is C17H21N4O3P. The van der Waals surface area contributed by atoms with Crippen LogP contribution in [-0.2, 0) is 27.2 Å². The number of nitrogen functional groups attached to an aromatic ring is 1. The third kappa shape index (κ3) is 3.79.